The molecule has 0 saturated heterocycles. The van der Waals surface area contributed by atoms with Gasteiger partial charge in [0.15, 0.2) is 0 Å². The van der Waals surface area contributed by atoms with Crippen molar-refractivity contribution in [3.63, 3.8) is 0 Å². The van der Waals surface area contributed by atoms with Crippen LogP contribution in [-0.2, 0) is 0 Å². The van der Waals surface area contributed by atoms with Crippen LogP contribution in [0.4, 0.5) is 0 Å². The molecule has 0 heterocycles. The first-order valence-corrected chi connectivity index (χ1v) is 6.37. The molecule has 4 saturated carbocycles. The molecule has 0 aromatic rings. The Bertz CT molecular complexity index is 229. The van der Waals surface area contributed by atoms with E-state index < -0.39 is 0 Å². The SMILES string of the molecule is CC(C)=CC1C2CC3CC(C2)CC1C3. The summed E-state index contributed by atoms with van der Waals surface area (Å²) in [6, 6.07) is 0. The summed E-state index contributed by atoms with van der Waals surface area (Å²) >= 11 is 0. The lowest BCUT2D eigenvalue weighted by Gasteiger charge is -2.54. The van der Waals surface area contributed by atoms with Crippen LogP contribution in [0.3, 0.4) is 0 Å². The first kappa shape index (κ1) is 9.00. The fourth-order valence-electron chi connectivity index (χ4n) is 4.62. The minimum Gasteiger partial charge on any atom is -0.0822 e. The summed E-state index contributed by atoms with van der Waals surface area (Å²) < 4.78 is 0. The number of hydrogen-bond acceptors (Lipinski definition) is 0. The lowest BCUT2D eigenvalue weighted by molar-refractivity contribution is -0.0164. The maximum Gasteiger partial charge on any atom is -0.0174 e. The Morgan fingerprint density at radius 3 is 1.79 bits per heavy atom. The van der Waals surface area contributed by atoms with Crippen molar-refractivity contribution < 1.29 is 0 Å². The molecule has 0 amide bonds. The van der Waals surface area contributed by atoms with Crippen molar-refractivity contribution in [3.05, 3.63) is 11.6 Å². The Balaban J connectivity index is 1.84. The van der Waals surface area contributed by atoms with Crippen LogP contribution in [0.1, 0.15) is 46.0 Å². The lowest BCUT2D eigenvalue weighted by atomic mass is 9.52. The van der Waals surface area contributed by atoms with Gasteiger partial charge in [0.25, 0.3) is 0 Å². The predicted octanol–water partition coefficient (Wildman–Crippen LogP) is 4.02. The summed E-state index contributed by atoms with van der Waals surface area (Å²) in [4.78, 5) is 0. The Morgan fingerprint density at radius 2 is 1.36 bits per heavy atom. The molecule has 0 radical (unpaired) electrons. The Hall–Kier alpha value is -0.260. The zero-order chi connectivity index (χ0) is 9.71. The molecule has 14 heavy (non-hydrogen) atoms. The summed E-state index contributed by atoms with van der Waals surface area (Å²) in [5.41, 5.74) is 1.54. The summed E-state index contributed by atoms with van der Waals surface area (Å²) in [5.74, 6) is 5.36. The van der Waals surface area contributed by atoms with Crippen molar-refractivity contribution in [1.29, 1.82) is 0 Å². The van der Waals surface area contributed by atoms with Crippen molar-refractivity contribution in [3.8, 4) is 0 Å². The first-order valence-electron chi connectivity index (χ1n) is 6.37. The minimum atomic E-state index is 0.966. The first-order chi connectivity index (χ1) is 6.72. The highest BCUT2D eigenvalue weighted by Gasteiger charge is 2.47. The standard InChI is InChI=1S/C14H22/c1-9(2)3-14-12-5-10-4-11(7-12)8-13(14)6-10/h3,10-14H,4-8H2,1-2H3. The van der Waals surface area contributed by atoms with Gasteiger partial charge in [-0.3, -0.25) is 0 Å². The van der Waals surface area contributed by atoms with Crippen LogP contribution in [0, 0.1) is 29.6 Å². The molecule has 0 N–H and O–H groups in total. The molecule has 0 aromatic carbocycles. The smallest absolute Gasteiger partial charge is 0.0174 e. The molecule has 78 valence electrons. The van der Waals surface area contributed by atoms with E-state index >= 15 is 0 Å². The van der Waals surface area contributed by atoms with Crippen molar-refractivity contribution in [2.45, 2.75) is 46.0 Å². The van der Waals surface area contributed by atoms with Crippen LogP contribution in [0.2, 0.25) is 0 Å². The quantitative estimate of drug-likeness (QED) is 0.548. The van der Waals surface area contributed by atoms with Gasteiger partial charge in [-0.05, 0) is 75.5 Å². The fraction of sp³-hybridized carbons (Fsp3) is 0.857. The lowest BCUT2D eigenvalue weighted by Crippen LogP contribution is -2.44. The largest absolute Gasteiger partial charge is 0.0822 e. The maximum atomic E-state index is 2.59. The highest BCUT2D eigenvalue weighted by molar-refractivity contribution is 5.08. The van der Waals surface area contributed by atoms with Gasteiger partial charge in [0.2, 0.25) is 0 Å². The molecule has 0 heteroatoms. The molecule has 0 nitrogen and oxygen atoms in total. The highest BCUT2D eigenvalue weighted by Crippen LogP contribution is 2.56. The molecule has 4 bridgehead atoms. The van der Waals surface area contributed by atoms with Gasteiger partial charge in [0, 0.05) is 0 Å². The molecule has 4 aliphatic carbocycles. The van der Waals surface area contributed by atoms with E-state index in [2.05, 4.69) is 19.9 Å². The van der Waals surface area contributed by atoms with Gasteiger partial charge in [0.1, 0.15) is 0 Å². The number of hydrogen-bond donors (Lipinski definition) is 0. The minimum absolute atomic E-state index is 0.966. The second kappa shape index (κ2) is 3.12. The molecular formula is C14H22. The van der Waals surface area contributed by atoms with Gasteiger partial charge in [-0.15, -0.1) is 0 Å². The third-order valence-electron chi connectivity index (χ3n) is 4.83. The van der Waals surface area contributed by atoms with E-state index in [1.54, 1.807) is 37.7 Å². The summed E-state index contributed by atoms with van der Waals surface area (Å²) in [6.45, 7) is 4.54. The van der Waals surface area contributed by atoms with Crippen LogP contribution in [0.5, 0.6) is 0 Å². The monoisotopic (exact) mass is 190 g/mol. The average Bonchev–Trinajstić information content (AvgIpc) is 2.09. The average molecular weight is 190 g/mol. The van der Waals surface area contributed by atoms with Gasteiger partial charge < -0.3 is 0 Å². The van der Waals surface area contributed by atoms with Crippen LogP contribution in [-0.4, -0.2) is 0 Å². The maximum absolute atomic E-state index is 2.59. The Morgan fingerprint density at radius 1 is 0.857 bits per heavy atom. The predicted molar refractivity (Wildman–Crippen MR) is 60.0 cm³/mol. The van der Waals surface area contributed by atoms with E-state index in [4.69, 9.17) is 0 Å². The summed E-state index contributed by atoms with van der Waals surface area (Å²) in [5, 5.41) is 0. The third-order valence-corrected chi connectivity index (χ3v) is 4.83. The third kappa shape index (κ3) is 1.34. The van der Waals surface area contributed by atoms with Gasteiger partial charge >= 0.3 is 0 Å². The molecular weight excluding hydrogens is 168 g/mol. The van der Waals surface area contributed by atoms with Crippen molar-refractivity contribution in [2.24, 2.45) is 29.6 Å². The van der Waals surface area contributed by atoms with Crippen molar-refractivity contribution in [2.75, 3.05) is 0 Å². The van der Waals surface area contributed by atoms with E-state index in [1.165, 1.54) is 0 Å². The fourth-order valence-corrected chi connectivity index (χ4v) is 4.62. The van der Waals surface area contributed by atoms with E-state index in [0.29, 0.717) is 0 Å². The van der Waals surface area contributed by atoms with Crippen LogP contribution < -0.4 is 0 Å². The number of allylic oxidation sites excluding steroid dienone is 2. The molecule has 4 rings (SSSR count). The zero-order valence-corrected chi connectivity index (χ0v) is 9.50. The molecule has 0 atom stereocenters. The topological polar surface area (TPSA) is 0 Å². The van der Waals surface area contributed by atoms with Crippen LogP contribution in [0.15, 0.2) is 11.6 Å². The molecule has 4 aliphatic rings. The highest BCUT2D eigenvalue weighted by atomic mass is 14.5. The van der Waals surface area contributed by atoms with E-state index in [-0.39, 0.29) is 0 Å². The molecule has 0 unspecified atom stereocenters. The van der Waals surface area contributed by atoms with E-state index in [0.717, 1.165) is 29.6 Å². The second-order valence-electron chi connectivity index (χ2n) is 6.25. The zero-order valence-electron chi connectivity index (χ0n) is 9.50. The van der Waals surface area contributed by atoms with Gasteiger partial charge in [-0.25, -0.2) is 0 Å². The van der Waals surface area contributed by atoms with E-state index in [9.17, 15) is 0 Å². The van der Waals surface area contributed by atoms with Crippen molar-refractivity contribution >= 4 is 0 Å². The van der Waals surface area contributed by atoms with Crippen LogP contribution >= 0.6 is 0 Å². The van der Waals surface area contributed by atoms with E-state index in [1.807, 2.05) is 0 Å². The van der Waals surface area contributed by atoms with Crippen molar-refractivity contribution in [1.82, 2.24) is 0 Å². The molecule has 4 fully saturated rings. The second-order valence-corrected chi connectivity index (χ2v) is 6.25. The molecule has 0 aromatic heterocycles. The van der Waals surface area contributed by atoms with Gasteiger partial charge in [-0.2, -0.15) is 0 Å². The Kier molecular flexibility index (Phi) is 2.00. The van der Waals surface area contributed by atoms with Crippen LogP contribution in [0.25, 0.3) is 0 Å². The Labute approximate surface area is 87.8 Å². The van der Waals surface area contributed by atoms with Gasteiger partial charge in [0.05, 0.1) is 0 Å². The number of rotatable bonds is 1. The summed E-state index contributed by atoms with van der Waals surface area (Å²) in [7, 11) is 0. The molecule has 0 aliphatic heterocycles. The molecule has 0 spiro atoms. The normalized spacial score (nSPS) is 49.4. The van der Waals surface area contributed by atoms with Gasteiger partial charge in [-0.1, -0.05) is 11.6 Å². The summed E-state index contributed by atoms with van der Waals surface area (Å²) in [6.07, 6.45) is 10.4.